The topological polar surface area (TPSA) is 76.1 Å². The van der Waals surface area contributed by atoms with Crippen molar-refractivity contribution in [2.24, 2.45) is 0 Å². The predicted octanol–water partition coefficient (Wildman–Crippen LogP) is 6.23. The van der Waals surface area contributed by atoms with Crippen molar-refractivity contribution in [2.45, 2.75) is 11.1 Å². The number of sulfonamides is 1. The number of pyridine rings is 1. The van der Waals surface area contributed by atoms with Crippen molar-refractivity contribution in [3.05, 3.63) is 86.4 Å². The average molecular weight is 528 g/mol. The Morgan fingerprint density at radius 2 is 1.69 bits per heavy atom. The first kappa shape index (κ1) is 24.2. The number of nitrogens with one attached hydrogen (secondary N) is 1. The van der Waals surface area contributed by atoms with Crippen LogP contribution >= 0.6 is 34.8 Å². The maximum atomic E-state index is 14.2. The molecule has 5 nitrogen and oxygen atoms in total. The fourth-order valence-electron chi connectivity index (χ4n) is 2.62. The van der Waals surface area contributed by atoms with E-state index in [4.69, 9.17) is 34.8 Å². The fraction of sp³-hybridized carbons (Fsp3) is 0.0526. The maximum absolute atomic E-state index is 14.2. The molecule has 2 aromatic carbocycles. The molecular formula is C19H9Cl3F4N2O3S. The van der Waals surface area contributed by atoms with E-state index in [0.717, 1.165) is 30.5 Å². The second kappa shape index (κ2) is 8.86. The van der Waals surface area contributed by atoms with Gasteiger partial charge in [-0.3, -0.25) is 9.52 Å². The summed E-state index contributed by atoms with van der Waals surface area (Å²) in [6.07, 6.45) is -3.91. The highest BCUT2D eigenvalue weighted by Crippen LogP contribution is 2.36. The van der Waals surface area contributed by atoms with Crippen LogP contribution in [0.2, 0.25) is 15.1 Å². The third kappa shape index (κ3) is 4.98. The molecule has 32 heavy (non-hydrogen) atoms. The molecule has 1 N–H and O–H groups in total. The van der Waals surface area contributed by atoms with E-state index in [1.165, 1.54) is 12.1 Å². The van der Waals surface area contributed by atoms with Crippen LogP contribution < -0.4 is 4.72 Å². The van der Waals surface area contributed by atoms with E-state index in [1.54, 1.807) is 0 Å². The molecule has 0 bridgehead atoms. The molecular weight excluding hydrogens is 519 g/mol. The molecule has 0 atom stereocenters. The number of hydrogen-bond acceptors (Lipinski definition) is 4. The smallest absolute Gasteiger partial charge is 0.287 e. The van der Waals surface area contributed by atoms with Gasteiger partial charge in [-0.05, 0) is 36.4 Å². The second-order valence-electron chi connectivity index (χ2n) is 6.22. The molecule has 0 unspecified atom stereocenters. The number of halogens is 7. The van der Waals surface area contributed by atoms with Gasteiger partial charge in [-0.2, -0.15) is 13.2 Å². The number of benzene rings is 2. The van der Waals surface area contributed by atoms with Crippen molar-refractivity contribution in [3.8, 4) is 0 Å². The van der Waals surface area contributed by atoms with Gasteiger partial charge >= 0.3 is 6.18 Å². The van der Waals surface area contributed by atoms with Gasteiger partial charge in [0.1, 0.15) is 11.5 Å². The summed E-state index contributed by atoms with van der Waals surface area (Å²) in [6, 6.07) is 6.39. The summed E-state index contributed by atoms with van der Waals surface area (Å²) in [7, 11) is -4.67. The van der Waals surface area contributed by atoms with Crippen molar-refractivity contribution in [2.75, 3.05) is 4.72 Å². The van der Waals surface area contributed by atoms with E-state index in [2.05, 4.69) is 4.98 Å². The highest BCUT2D eigenvalue weighted by Gasteiger charge is 2.35. The van der Waals surface area contributed by atoms with E-state index in [1.807, 2.05) is 4.72 Å². The lowest BCUT2D eigenvalue weighted by Crippen LogP contribution is -2.18. The molecule has 0 spiro atoms. The van der Waals surface area contributed by atoms with Crippen molar-refractivity contribution in [1.82, 2.24) is 4.98 Å². The Morgan fingerprint density at radius 3 is 2.31 bits per heavy atom. The summed E-state index contributed by atoms with van der Waals surface area (Å²) in [5.41, 5.74) is -3.02. The molecule has 3 aromatic rings. The first-order valence-electron chi connectivity index (χ1n) is 8.35. The highest BCUT2D eigenvalue weighted by atomic mass is 35.5. The number of rotatable bonds is 5. The molecule has 1 aromatic heterocycles. The third-order valence-corrected chi connectivity index (χ3v) is 6.27. The van der Waals surface area contributed by atoms with Crippen LogP contribution in [-0.4, -0.2) is 19.2 Å². The third-order valence-electron chi connectivity index (χ3n) is 4.06. The number of ketones is 1. The van der Waals surface area contributed by atoms with Crippen molar-refractivity contribution < 1.29 is 30.8 Å². The summed E-state index contributed by atoms with van der Waals surface area (Å²) in [6.45, 7) is 0. The molecule has 1 heterocycles. The van der Waals surface area contributed by atoms with Crippen LogP contribution in [-0.2, 0) is 16.2 Å². The Morgan fingerprint density at radius 1 is 1.00 bits per heavy atom. The Bertz CT molecular complexity index is 1310. The van der Waals surface area contributed by atoms with Crippen molar-refractivity contribution in [3.63, 3.8) is 0 Å². The van der Waals surface area contributed by atoms with Crippen LogP contribution in [0.25, 0.3) is 0 Å². The molecule has 0 fully saturated rings. The molecule has 0 saturated carbocycles. The first-order valence-corrected chi connectivity index (χ1v) is 11.0. The Balaban J connectivity index is 2.09. The van der Waals surface area contributed by atoms with Crippen LogP contribution in [0.5, 0.6) is 0 Å². The van der Waals surface area contributed by atoms with E-state index in [0.29, 0.717) is 6.07 Å². The van der Waals surface area contributed by atoms with Crippen LogP contribution in [0.4, 0.5) is 23.2 Å². The van der Waals surface area contributed by atoms with Crippen LogP contribution in [0.15, 0.2) is 53.6 Å². The van der Waals surface area contributed by atoms with Gasteiger partial charge < -0.3 is 0 Å². The Labute approximate surface area is 194 Å². The average Bonchev–Trinajstić information content (AvgIpc) is 2.66. The lowest BCUT2D eigenvalue weighted by atomic mass is 10.1. The van der Waals surface area contributed by atoms with Gasteiger partial charge in [0.25, 0.3) is 10.0 Å². The number of hydrogen-bond donors (Lipinski definition) is 1. The van der Waals surface area contributed by atoms with Crippen LogP contribution in [0, 0.1) is 5.82 Å². The second-order valence-corrected chi connectivity index (χ2v) is 9.15. The van der Waals surface area contributed by atoms with E-state index < -0.39 is 60.2 Å². The number of alkyl halides is 3. The van der Waals surface area contributed by atoms with E-state index in [-0.39, 0.29) is 10.0 Å². The normalized spacial score (nSPS) is 12.0. The molecule has 0 aliphatic rings. The number of aromatic nitrogens is 1. The zero-order valence-corrected chi connectivity index (χ0v) is 18.4. The summed E-state index contributed by atoms with van der Waals surface area (Å²) in [5.74, 6) is -2.06. The summed E-state index contributed by atoms with van der Waals surface area (Å²) in [4.78, 5) is 15.8. The van der Waals surface area contributed by atoms with Gasteiger partial charge in [0.05, 0.1) is 36.8 Å². The number of nitrogens with zero attached hydrogens (tertiary/aromatic N) is 1. The van der Waals surface area contributed by atoms with Crippen molar-refractivity contribution >= 4 is 56.3 Å². The van der Waals surface area contributed by atoms with Crippen molar-refractivity contribution in [1.29, 1.82) is 0 Å². The minimum Gasteiger partial charge on any atom is -0.287 e. The maximum Gasteiger partial charge on any atom is 0.417 e. The minimum atomic E-state index is -4.91. The van der Waals surface area contributed by atoms with Crippen LogP contribution in [0.3, 0.4) is 0 Å². The summed E-state index contributed by atoms with van der Waals surface area (Å²) in [5, 5.41) is -1.06. The Kier molecular flexibility index (Phi) is 6.71. The molecule has 0 radical (unpaired) electrons. The van der Waals surface area contributed by atoms with E-state index >= 15 is 0 Å². The lowest BCUT2D eigenvalue weighted by molar-refractivity contribution is -0.137. The standard InChI is InChI=1S/C19H9Cl3F4N2O3S/c20-9-6-15(17(27-8-9)18(29)16-13(22)2-1-3-14(16)23)28-32(30,31)10-4-5-12(21)11(7-10)19(24,25)26/h1-8,28H. The Hall–Kier alpha value is -2.40. The minimum absolute atomic E-state index is 0.106. The molecule has 0 aliphatic heterocycles. The predicted molar refractivity (Wildman–Crippen MR) is 111 cm³/mol. The highest BCUT2D eigenvalue weighted by molar-refractivity contribution is 7.92. The molecule has 0 saturated heterocycles. The molecule has 13 heteroatoms. The van der Waals surface area contributed by atoms with Gasteiger partial charge in [0.15, 0.2) is 0 Å². The number of carbonyl (C=O) groups excluding carboxylic acids is 1. The van der Waals surface area contributed by atoms with E-state index in [9.17, 15) is 30.8 Å². The summed E-state index contributed by atoms with van der Waals surface area (Å²) >= 11 is 17.2. The molecule has 168 valence electrons. The van der Waals surface area contributed by atoms with Gasteiger partial charge in [-0.1, -0.05) is 40.9 Å². The number of carbonyl (C=O) groups is 1. The first-order chi connectivity index (χ1) is 14.8. The largest absolute Gasteiger partial charge is 0.417 e. The fourth-order valence-corrected chi connectivity index (χ4v) is 4.34. The monoisotopic (exact) mass is 526 g/mol. The SMILES string of the molecule is O=C(c1ncc(Cl)cc1NS(=O)(=O)c1ccc(Cl)c(C(F)(F)F)c1)c1c(F)cccc1Cl. The van der Waals surface area contributed by atoms with Gasteiger partial charge in [-0.25, -0.2) is 17.8 Å². The van der Waals surface area contributed by atoms with Gasteiger partial charge in [-0.15, -0.1) is 0 Å². The van der Waals surface area contributed by atoms with Crippen LogP contribution in [0.1, 0.15) is 21.6 Å². The molecule has 0 aliphatic carbocycles. The molecule has 3 rings (SSSR count). The molecule has 0 amide bonds. The number of anilines is 1. The van der Waals surface area contributed by atoms with Gasteiger partial charge in [0.2, 0.25) is 5.78 Å². The summed E-state index contributed by atoms with van der Waals surface area (Å²) < 4.78 is 81.0. The zero-order chi connectivity index (χ0) is 23.8. The van der Waals surface area contributed by atoms with Gasteiger partial charge in [0, 0.05) is 6.20 Å². The zero-order valence-electron chi connectivity index (χ0n) is 15.3. The quantitative estimate of drug-likeness (QED) is 0.315. The lowest BCUT2D eigenvalue weighted by Gasteiger charge is -2.14.